The van der Waals surface area contributed by atoms with Crippen LogP contribution in [0.15, 0.2) is 0 Å². The minimum Gasteiger partial charge on any atom is -0.356 e. The zero-order chi connectivity index (χ0) is 14.4. The summed E-state index contributed by atoms with van der Waals surface area (Å²) in [7, 11) is 0. The first-order chi connectivity index (χ1) is 10.1. The average molecular weight is 327 g/mol. The molecule has 1 atom stereocenters. The highest BCUT2D eigenvalue weighted by molar-refractivity contribution is 5.85. The van der Waals surface area contributed by atoms with Crippen molar-refractivity contribution in [2.24, 2.45) is 35.0 Å². The summed E-state index contributed by atoms with van der Waals surface area (Å²) in [5.41, 5.74) is 0.600. The van der Waals surface area contributed by atoms with Crippen LogP contribution >= 0.6 is 12.4 Å². The molecule has 126 valence electrons. The van der Waals surface area contributed by atoms with E-state index in [2.05, 4.69) is 17.6 Å². The standard InChI is InChI=1S/C18H30N2O.ClH/c1-12(16-10-19-11-16)17(21)20-3-2-18-7-13-4-14(8-18)6-15(5-13)9-18;/h12-16,19H,2-11H2,1H3,(H,20,21);1H. The van der Waals surface area contributed by atoms with E-state index in [4.69, 9.17) is 0 Å². The Morgan fingerprint density at radius 3 is 2.14 bits per heavy atom. The van der Waals surface area contributed by atoms with Crippen molar-refractivity contribution in [1.29, 1.82) is 0 Å². The number of hydrogen-bond acceptors (Lipinski definition) is 2. The van der Waals surface area contributed by atoms with Crippen LogP contribution in [0.25, 0.3) is 0 Å². The van der Waals surface area contributed by atoms with Crippen molar-refractivity contribution in [2.75, 3.05) is 19.6 Å². The minimum absolute atomic E-state index is 0. The summed E-state index contributed by atoms with van der Waals surface area (Å²) in [5, 5.41) is 6.50. The first kappa shape index (κ1) is 16.6. The van der Waals surface area contributed by atoms with Gasteiger partial charge in [-0.15, -0.1) is 12.4 Å². The summed E-state index contributed by atoms with van der Waals surface area (Å²) >= 11 is 0. The van der Waals surface area contributed by atoms with Gasteiger partial charge in [0.25, 0.3) is 0 Å². The van der Waals surface area contributed by atoms with Gasteiger partial charge in [0.2, 0.25) is 5.91 Å². The maximum Gasteiger partial charge on any atom is 0.223 e. The van der Waals surface area contributed by atoms with Gasteiger partial charge in [0.15, 0.2) is 0 Å². The van der Waals surface area contributed by atoms with E-state index in [1.165, 1.54) is 44.9 Å². The molecule has 0 radical (unpaired) electrons. The molecule has 4 heteroatoms. The molecule has 0 aromatic rings. The maximum atomic E-state index is 12.2. The zero-order valence-electron chi connectivity index (χ0n) is 13.8. The Morgan fingerprint density at radius 2 is 1.68 bits per heavy atom. The predicted octanol–water partition coefficient (Wildman–Crippen LogP) is 2.99. The van der Waals surface area contributed by atoms with E-state index in [9.17, 15) is 4.79 Å². The fraction of sp³-hybridized carbons (Fsp3) is 0.944. The Hall–Kier alpha value is -0.280. The number of hydrogen-bond donors (Lipinski definition) is 2. The number of carbonyl (C=O) groups is 1. The molecule has 1 saturated heterocycles. The third-order valence-electron chi connectivity index (χ3n) is 7.05. The van der Waals surface area contributed by atoms with Crippen LogP contribution in [0.3, 0.4) is 0 Å². The number of nitrogens with one attached hydrogen (secondary N) is 2. The smallest absolute Gasteiger partial charge is 0.223 e. The first-order valence-electron chi connectivity index (χ1n) is 9.12. The molecular formula is C18H31ClN2O. The fourth-order valence-electron chi connectivity index (χ4n) is 6.09. The van der Waals surface area contributed by atoms with Crippen LogP contribution in [0.2, 0.25) is 0 Å². The fourth-order valence-corrected chi connectivity index (χ4v) is 6.09. The second-order valence-electron chi connectivity index (χ2n) is 8.67. The number of carbonyl (C=O) groups excluding carboxylic acids is 1. The van der Waals surface area contributed by atoms with Gasteiger partial charge in [-0.2, -0.15) is 0 Å². The molecule has 1 amide bonds. The van der Waals surface area contributed by atoms with Crippen molar-refractivity contribution in [3.8, 4) is 0 Å². The molecule has 1 unspecified atom stereocenters. The molecular weight excluding hydrogens is 296 g/mol. The summed E-state index contributed by atoms with van der Waals surface area (Å²) in [6.07, 6.45) is 10.1. The molecule has 4 bridgehead atoms. The molecule has 4 saturated carbocycles. The van der Waals surface area contributed by atoms with Crippen LogP contribution in [-0.4, -0.2) is 25.5 Å². The summed E-state index contributed by atoms with van der Waals surface area (Å²) in [5.74, 6) is 4.09. The summed E-state index contributed by atoms with van der Waals surface area (Å²) in [4.78, 5) is 12.2. The van der Waals surface area contributed by atoms with Crippen molar-refractivity contribution in [1.82, 2.24) is 10.6 Å². The summed E-state index contributed by atoms with van der Waals surface area (Å²) in [6, 6.07) is 0. The van der Waals surface area contributed by atoms with Gasteiger partial charge >= 0.3 is 0 Å². The van der Waals surface area contributed by atoms with Crippen molar-refractivity contribution in [3.05, 3.63) is 0 Å². The first-order valence-corrected chi connectivity index (χ1v) is 9.12. The van der Waals surface area contributed by atoms with Crippen LogP contribution in [0.5, 0.6) is 0 Å². The van der Waals surface area contributed by atoms with Crippen LogP contribution in [0.1, 0.15) is 51.9 Å². The maximum absolute atomic E-state index is 12.2. The van der Waals surface area contributed by atoms with E-state index in [1.807, 2.05) is 0 Å². The molecule has 3 nitrogen and oxygen atoms in total. The lowest BCUT2D eigenvalue weighted by Crippen LogP contribution is -2.50. The van der Waals surface area contributed by atoms with Gasteiger partial charge in [0.1, 0.15) is 0 Å². The summed E-state index contributed by atoms with van der Waals surface area (Å²) < 4.78 is 0. The molecule has 0 aromatic carbocycles. The Balaban J connectivity index is 0.00000144. The van der Waals surface area contributed by atoms with Crippen molar-refractivity contribution < 1.29 is 4.79 Å². The van der Waals surface area contributed by atoms with Crippen molar-refractivity contribution in [3.63, 3.8) is 0 Å². The largest absolute Gasteiger partial charge is 0.356 e. The van der Waals surface area contributed by atoms with Gasteiger partial charge in [0, 0.05) is 12.5 Å². The van der Waals surface area contributed by atoms with Gasteiger partial charge in [-0.1, -0.05) is 6.92 Å². The molecule has 5 rings (SSSR count). The highest BCUT2D eigenvalue weighted by atomic mass is 35.5. The van der Waals surface area contributed by atoms with Crippen molar-refractivity contribution >= 4 is 18.3 Å². The topological polar surface area (TPSA) is 41.1 Å². The second kappa shape index (κ2) is 6.32. The molecule has 5 fully saturated rings. The highest BCUT2D eigenvalue weighted by Gasteiger charge is 2.50. The predicted molar refractivity (Wildman–Crippen MR) is 91.0 cm³/mol. The van der Waals surface area contributed by atoms with Crippen LogP contribution in [-0.2, 0) is 4.79 Å². The summed E-state index contributed by atoms with van der Waals surface area (Å²) in [6.45, 7) is 5.04. The van der Waals surface area contributed by atoms with Gasteiger partial charge in [-0.25, -0.2) is 0 Å². The Kier molecular flexibility index (Phi) is 4.76. The van der Waals surface area contributed by atoms with E-state index in [1.54, 1.807) is 0 Å². The van der Waals surface area contributed by atoms with E-state index in [0.29, 0.717) is 11.3 Å². The second-order valence-corrected chi connectivity index (χ2v) is 8.67. The third kappa shape index (κ3) is 3.03. The quantitative estimate of drug-likeness (QED) is 0.815. The Morgan fingerprint density at radius 1 is 1.14 bits per heavy atom. The van der Waals surface area contributed by atoms with Crippen LogP contribution in [0, 0.1) is 35.0 Å². The normalized spacial score (nSPS) is 40.7. The molecule has 0 spiro atoms. The molecule has 2 N–H and O–H groups in total. The number of amides is 1. The molecule has 1 aliphatic heterocycles. The van der Waals surface area contributed by atoms with Gasteiger partial charge in [0.05, 0.1) is 0 Å². The van der Waals surface area contributed by atoms with E-state index in [0.717, 1.165) is 37.4 Å². The monoisotopic (exact) mass is 326 g/mol. The number of halogens is 1. The molecule has 22 heavy (non-hydrogen) atoms. The lowest BCUT2D eigenvalue weighted by Gasteiger charge is -2.57. The van der Waals surface area contributed by atoms with Gasteiger partial charge in [-0.3, -0.25) is 4.79 Å². The van der Waals surface area contributed by atoms with Crippen molar-refractivity contribution in [2.45, 2.75) is 51.9 Å². The lowest BCUT2D eigenvalue weighted by atomic mass is 9.49. The van der Waals surface area contributed by atoms with E-state index < -0.39 is 0 Å². The number of rotatable bonds is 5. The average Bonchev–Trinajstić information content (AvgIpc) is 2.34. The van der Waals surface area contributed by atoms with Gasteiger partial charge in [-0.05, 0) is 87.1 Å². The van der Waals surface area contributed by atoms with E-state index in [-0.39, 0.29) is 24.2 Å². The molecule has 0 aromatic heterocycles. The third-order valence-corrected chi connectivity index (χ3v) is 7.05. The zero-order valence-corrected chi connectivity index (χ0v) is 14.6. The Labute approximate surface area is 140 Å². The van der Waals surface area contributed by atoms with Crippen LogP contribution < -0.4 is 10.6 Å². The highest BCUT2D eigenvalue weighted by Crippen LogP contribution is 2.61. The lowest BCUT2D eigenvalue weighted by molar-refractivity contribution is -0.127. The Bertz CT molecular complexity index is 386. The molecule has 4 aliphatic carbocycles. The SMILES string of the molecule is CC(C(=O)NCCC12CC3CC(CC(C3)C1)C2)C1CNC1.Cl. The molecule has 1 heterocycles. The van der Waals surface area contributed by atoms with Gasteiger partial charge < -0.3 is 10.6 Å². The minimum atomic E-state index is 0. The van der Waals surface area contributed by atoms with Crippen LogP contribution in [0.4, 0.5) is 0 Å². The van der Waals surface area contributed by atoms with E-state index >= 15 is 0 Å². The molecule has 5 aliphatic rings.